The third-order valence-corrected chi connectivity index (χ3v) is 2.76. The summed E-state index contributed by atoms with van der Waals surface area (Å²) in [7, 11) is 1.21. The molecule has 1 N–H and O–H groups in total. The lowest BCUT2D eigenvalue weighted by molar-refractivity contribution is 0.0685. The molecule has 82 valence electrons. The molecule has 0 saturated carbocycles. The zero-order valence-electron chi connectivity index (χ0n) is 7.50. The molecule has 0 bridgehead atoms. The summed E-state index contributed by atoms with van der Waals surface area (Å²) < 4.78 is 29.7. The lowest BCUT2D eigenvalue weighted by atomic mass is 10.2. The zero-order chi connectivity index (χ0) is 11.6. The molecule has 1 heterocycles. The number of carboxylic acids is 1. The Morgan fingerprint density at radius 2 is 2.27 bits per heavy atom. The van der Waals surface area contributed by atoms with E-state index in [9.17, 15) is 13.6 Å². The van der Waals surface area contributed by atoms with Crippen molar-refractivity contribution in [2.75, 3.05) is 7.11 Å². The van der Waals surface area contributed by atoms with E-state index in [0.29, 0.717) is 0 Å². The summed E-state index contributed by atoms with van der Waals surface area (Å²) in [5, 5.41) is 8.72. The summed E-state index contributed by atoms with van der Waals surface area (Å²) in [6, 6.07) is 0. The van der Waals surface area contributed by atoms with E-state index in [0.717, 1.165) is 6.20 Å². The van der Waals surface area contributed by atoms with Crippen LogP contribution in [0.15, 0.2) is 6.20 Å². The second-order valence-corrected chi connectivity index (χ2v) is 3.59. The van der Waals surface area contributed by atoms with Crippen LogP contribution in [0.4, 0.5) is 8.78 Å². The normalized spacial score (nSPS) is 10.5. The number of hydrogen-bond donors (Lipinski definition) is 1. The maximum Gasteiger partial charge on any atom is 0.358 e. The van der Waals surface area contributed by atoms with Crippen molar-refractivity contribution in [3.8, 4) is 5.75 Å². The number of alkyl halides is 2. The van der Waals surface area contributed by atoms with Gasteiger partial charge in [0.15, 0.2) is 11.4 Å². The Labute approximate surface area is 97.4 Å². The van der Waals surface area contributed by atoms with Gasteiger partial charge in [-0.2, -0.15) is 0 Å². The second-order valence-electron chi connectivity index (χ2n) is 2.52. The molecule has 7 heteroatoms. The maximum atomic E-state index is 12.4. The molecule has 0 atom stereocenters. The SMILES string of the molecule is COc1c(C(=O)O)ncc(C(F)F)c1I. The van der Waals surface area contributed by atoms with E-state index in [4.69, 9.17) is 9.84 Å². The average molecular weight is 329 g/mol. The van der Waals surface area contributed by atoms with Crippen molar-refractivity contribution in [3.05, 3.63) is 21.0 Å². The third kappa shape index (κ3) is 2.33. The molecule has 0 aliphatic carbocycles. The maximum absolute atomic E-state index is 12.4. The molecule has 0 aliphatic heterocycles. The molecular formula is C8H6F2INO3. The molecule has 0 unspecified atom stereocenters. The van der Waals surface area contributed by atoms with Crippen LogP contribution in [0.1, 0.15) is 22.5 Å². The van der Waals surface area contributed by atoms with Crippen LogP contribution in [0, 0.1) is 3.57 Å². The first-order valence-electron chi connectivity index (χ1n) is 3.72. The Hall–Kier alpha value is -0.990. The topological polar surface area (TPSA) is 59.4 Å². The van der Waals surface area contributed by atoms with Crippen molar-refractivity contribution in [1.29, 1.82) is 0 Å². The van der Waals surface area contributed by atoms with Gasteiger partial charge in [0.25, 0.3) is 6.43 Å². The molecule has 0 radical (unpaired) electrons. The van der Waals surface area contributed by atoms with E-state index in [-0.39, 0.29) is 20.6 Å². The molecule has 0 aromatic carbocycles. The van der Waals surface area contributed by atoms with Gasteiger partial charge in [0.05, 0.1) is 16.2 Å². The lowest BCUT2D eigenvalue weighted by Gasteiger charge is -2.09. The first-order chi connectivity index (χ1) is 6.99. The molecule has 0 saturated heterocycles. The summed E-state index contributed by atoms with van der Waals surface area (Å²) in [4.78, 5) is 14.1. The lowest BCUT2D eigenvalue weighted by Crippen LogP contribution is -2.07. The van der Waals surface area contributed by atoms with Crippen molar-refractivity contribution in [3.63, 3.8) is 0 Å². The average Bonchev–Trinajstić information content (AvgIpc) is 2.16. The van der Waals surface area contributed by atoms with E-state index in [1.165, 1.54) is 7.11 Å². The first kappa shape index (κ1) is 12.1. The van der Waals surface area contributed by atoms with Crippen LogP contribution in [-0.4, -0.2) is 23.2 Å². The van der Waals surface area contributed by atoms with E-state index in [2.05, 4.69) is 4.98 Å². The quantitative estimate of drug-likeness (QED) is 0.865. The van der Waals surface area contributed by atoms with Crippen LogP contribution >= 0.6 is 22.6 Å². The minimum atomic E-state index is -2.71. The number of halogens is 3. The van der Waals surface area contributed by atoms with Gasteiger partial charge in [-0.05, 0) is 22.6 Å². The fourth-order valence-corrected chi connectivity index (χ4v) is 1.83. The standard InChI is InChI=1S/C8H6F2INO3/c1-15-6-4(11)3(7(9)10)2-12-5(6)8(13)14/h2,7H,1H3,(H,13,14). The largest absolute Gasteiger partial charge is 0.493 e. The molecule has 1 rings (SSSR count). The Kier molecular flexibility index (Phi) is 3.77. The molecule has 1 aromatic heterocycles. The van der Waals surface area contributed by atoms with Crippen molar-refractivity contribution in [2.45, 2.75) is 6.43 Å². The Bertz CT molecular complexity index is 398. The number of ether oxygens (including phenoxy) is 1. The van der Waals surface area contributed by atoms with Crippen LogP contribution in [0.2, 0.25) is 0 Å². The fourth-order valence-electron chi connectivity index (χ4n) is 0.975. The number of carbonyl (C=O) groups is 1. The highest BCUT2D eigenvalue weighted by Gasteiger charge is 2.22. The van der Waals surface area contributed by atoms with Crippen molar-refractivity contribution in [1.82, 2.24) is 4.98 Å². The summed E-state index contributed by atoms with van der Waals surface area (Å²) in [5.41, 5.74) is -0.705. The smallest absolute Gasteiger partial charge is 0.358 e. The third-order valence-electron chi connectivity index (χ3n) is 1.64. The van der Waals surface area contributed by atoms with Gasteiger partial charge in [0, 0.05) is 6.20 Å². The Morgan fingerprint density at radius 3 is 2.67 bits per heavy atom. The number of rotatable bonds is 3. The van der Waals surface area contributed by atoms with Gasteiger partial charge in [-0.3, -0.25) is 0 Å². The molecule has 4 nitrogen and oxygen atoms in total. The highest BCUT2D eigenvalue weighted by Crippen LogP contribution is 2.32. The van der Waals surface area contributed by atoms with E-state index >= 15 is 0 Å². The monoisotopic (exact) mass is 329 g/mol. The number of carboxylic acid groups (broad SMARTS) is 1. The second kappa shape index (κ2) is 4.69. The number of methoxy groups -OCH3 is 1. The van der Waals surface area contributed by atoms with Crippen LogP contribution in [0.5, 0.6) is 5.75 Å². The Balaban J connectivity index is 3.39. The molecule has 1 aromatic rings. The summed E-state index contributed by atoms with van der Waals surface area (Å²) >= 11 is 1.61. The first-order valence-corrected chi connectivity index (χ1v) is 4.80. The number of pyridine rings is 1. The highest BCUT2D eigenvalue weighted by molar-refractivity contribution is 14.1. The number of aromatic carboxylic acids is 1. The molecule has 15 heavy (non-hydrogen) atoms. The van der Waals surface area contributed by atoms with E-state index in [1.54, 1.807) is 22.6 Å². The number of hydrogen-bond acceptors (Lipinski definition) is 3. The molecule has 0 fully saturated rings. The predicted octanol–water partition coefficient (Wildman–Crippen LogP) is 2.33. The fraction of sp³-hybridized carbons (Fsp3) is 0.250. The van der Waals surface area contributed by atoms with Gasteiger partial charge >= 0.3 is 5.97 Å². The van der Waals surface area contributed by atoms with Crippen molar-refractivity contribution >= 4 is 28.6 Å². The van der Waals surface area contributed by atoms with Crippen LogP contribution in [0.3, 0.4) is 0 Å². The van der Waals surface area contributed by atoms with Crippen LogP contribution in [0.25, 0.3) is 0 Å². The van der Waals surface area contributed by atoms with Gasteiger partial charge in [-0.1, -0.05) is 0 Å². The van der Waals surface area contributed by atoms with Gasteiger partial charge < -0.3 is 9.84 Å². The molecule has 0 spiro atoms. The van der Waals surface area contributed by atoms with Gasteiger partial charge in [-0.25, -0.2) is 18.6 Å². The summed E-state index contributed by atoms with van der Waals surface area (Å²) in [5.74, 6) is -1.45. The van der Waals surface area contributed by atoms with Gasteiger partial charge in [-0.15, -0.1) is 0 Å². The predicted molar refractivity (Wildman–Crippen MR) is 55.4 cm³/mol. The van der Waals surface area contributed by atoms with Gasteiger partial charge in [0.2, 0.25) is 0 Å². The summed E-state index contributed by atoms with van der Waals surface area (Å²) in [6.45, 7) is 0. The van der Waals surface area contributed by atoms with Crippen LogP contribution < -0.4 is 4.74 Å². The minimum Gasteiger partial charge on any atom is -0.493 e. The van der Waals surface area contributed by atoms with Crippen molar-refractivity contribution in [2.24, 2.45) is 0 Å². The molecule has 0 amide bonds. The number of nitrogens with zero attached hydrogens (tertiary/aromatic N) is 1. The zero-order valence-corrected chi connectivity index (χ0v) is 9.66. The van der Waals surface area contributed by atoms with Crippen LogP contribution in [-0.2, 0) is 0 Å². The molecular weight excluding hydrogens is 323 g/mol. The number of aromatic nitrogens is 1. The Morgan fingerprint density at radius 1 is 1.67 bits per heavy atom. The van der Waals surface area contributed by atoms with E-state index in [1.807, 2.05) is 0 Å². The summed E-state index contributed by atoms with van der Waals surface area (Å²) in [6.07, 6.45) is -1.86. The molecule has 0 aliphatic rings. The highest BCUT2D eigenvalue weighted by atomic mass is 127. The minimum absolute atomic E-state index is 0.0671. The van der Waals surface area contributed by atoms with Gasteiger partial charge in [0.1, 0.15) is 0 Å². The van der Waals surface area contributed by atoms with E-state index < -0.39 is 12.4 Å². The van der Waals surface area contributed by atoms with Crippen molar-refractivity contribution < 1.29 is 23.4 Å².